The van der Waals surface area contributed by atoms with Gasteiger partial charge in [-0.15, -0.1) is 11.6 Å². The van der Waals surface area contributed by atoms with Crippen LogP contribution in [0.5, 0.6) is 0 Å². The number of hydrogen-bond acceptors (Lipinski definition) is 1. The number of unbranched alkanes of at least 4 members (excludes halogenated alkanes) is 1. The molecule has 0 bridgehead atoms. The van der Waals surface area contributed by atoms with Crippen molar-refractivity contribution >= 4 is 11.6 Å². The fourth-order valence-corrected chi connectivity index (χ4v) is 1.43. The van der Waals surface area contributed by atoms with Crippen LogP contribution in [0, 0.1) is 11.8 Å². The summed E-state index contributed by atoms with van der Waals surface area (Å²) in [6, 6.07) is 8.31. The second-order valence-electron chi connectivity index (χ2n) is 3.53. The van der Waals surface area contributed by atoms with Crippen molar-refractivity contribution in [3.63, 3.8) is 0 Å². The van der Waals surface area contributed by atoms with Gasteiger partial charge in [-0.1, -0.05) is 24.0 Å². The first kappa shape index (κ1) is 13.1. The predicted molar refractivity (Wildman–Crippen MR) is 68.9 cm³/mol. The van der Waals surface area contributed by atoms with E-state index in [0.717, 1.165) is 31.4 Å². The van der Waals surface area contributed by atoms with Crippen molar-refractivity contribution < 1.29 is 4.74 Å². The topological polar surface area (TPSA) is 9.23 Å². The molecule has 0 spiro atoms. The molecule has 86 valence electrons. The van der Waals surface area contributed by atoms with Crippen molar-refractivity contribution in [1.29, 1.82) is 0 Å². The summed E-state index contributed by atoms with van der Waals surface area (Å²) in [5.74, 6) is 6.91. The van der Waals surface area contributed by atoms with Crippen molar-refractivity contribution in [3.8, 4) is 11.8 Å². The number of halogens is 1. The van der Waals surface area contributed by atoms with Crippen LogP contribution in [0.15, 0.2) is 24.3 Å². The van der Waals surface area contributed by atoms with E-state index in [9.17, 15) is 0 Å². The molecule has 1 aromatic rings. The minimum Gasteiger partial charge on any atom is -0.384 e. The number of hydrogen-bond donors (Lipinski definition) is 0. The van der Waals surface area contributed by atoms with Crippen molar-refractivity contribution in [2.75, 3.05) is 19.6 Å². The molecule has 0 saturated heterocycles. The van der Waals surface area contributed by atoms with Crippen LogP contribution >= 0.6 is 11.6 Å². The van der Waals surface area contributed by atoms with Crippen LogP contribution < -0.4 is 0 Å². The third-order valence-electron chi connectivity index (χ3n) is 2.22. The molecule has 0 heterocycles. The first-order chi connectivity index (χ1) is 7.86. The van der Waals surface area contributed by atoms with Gasteiger partial charge in [-0.25, -0.2) is 0 Å². The standard InChI is InChI=1S/C14H17ClO/c1-16-12-10-14-8-6-13(7-9-14)5-3-2-4-11-15/h6-9H,2,4,10-12H2,1H3. The summed E-state index contributed by atoms with van der Waals surface area (Å²) in [7, 11) is 1.72. The van der Waals surface area contributed by atoms with E-state index in [1.54, 1.807) is 7.11 Å². The molecule has 1 rings (SSSR count). The van der Waals surface area contributed by atoms with Gasteiger partial charge in [-0.05, 0) is 30.5 Å². The minimum atomic E-state index is 0.685. The molecule has 16 heavy (non-hydrogen) atoms. The van der Waals surface area contributed by atoms with Gasteiger partial charge in [0.1, 0.15) is 0 Å². The maximum atomic E-state index is 5.57. The third-order valence-corrected chi connectivity index (χ3v) is 2.48. The molecule has 2 heteroatoms. The zero-order chi connectivity index (χ0) is 11.6. The summed E-state index contributed by atoms with van der Waals surface area (Å²) in [5, 5.41) is 0. The number of benzene rings is 1. The molecule has 0 aromatic heterocycles. The van der Waals surface area contributed by atoms with Crippen LogP contribution in [0.2, 0.25) is 0 Å². The van der Waals surface area contributed by atoms with E-state index in [4.69, 9.17) is 16.3 Å². The van der Waals surface area contributed by atoms with E-state index in [1.165, 1.54) is 5.56 Å². The van der Waals surface area contributed by atoms with E-state index < -0.39 is 0 Å². The molecule has 0 amide bonds. The van der Waals surface area contributed by atoms with Crippen LogP contribution in [-0.4, -0.2) is 19.6 Å². The lowest BCUT2D eigenvalue weighted by Crippen LogP contribution is -1.93. The number of rotatable bonds is 5. The van der Waals surface area contributed by atoms with Crippen molar-refractivity contribution in [2.24, 2.45) is 0 Å². The third kappa shape index (κ3) is 5.21. The minimum absolute atomic E-state index is 0.685. The lowest BCUT2D eigenvalue weighted by molar-refractivity contribution is 0.202. The summed E-state index contributed by atoms with van der Waals surface area (Å²) in [6.45, 7) is 0.765. The molecule has 0 unspecified atom stereocenters. The monoisotopic (exact) mass is 236 g/mol. The smallest absolute Gasteiger partial charge is 0.0502 e. The van der Waals surface area contributed by atoms with Gasteiger partial charge < -0.3 is 4.74 Å². The Hall–Kier alpha value is -0.970. The summed E-state index contributed by atoms with van der Waals surface area (Å²) in [4.78, 5) is 0. The summed E-state index contributed by atoms with van der Waals surface area (Å²) in [5.41, 5.74) is 2.35. The molecule has 1 aromatic carbocycles. The highest BCUT2D eigenvalue weighted by Gasteiger charge is 1.92. The maximum Gasteiger partial charge on any atom is 0.0502 e. The quantitative estimate of drug-likeness (QED) is 0.433. The SMILES string of the molecule is COCCc1ccc(C#CCCCCl)cc1. The van der Waals surface area contributed by atoms with E-state index >= 15 is 0 Å². The zero-order valence-corrected chi connectivity index (χ0v) is 10.4. The average Bonchev–Trinajstić information content (AvgIpc) is 2.33. The normalized spacial score (nSPS) is 9.62. The highest BCUT2D eigenvalue weighted by molar-refractivity contribution is 6.17. The molecule has 0 fully saturated rings. The maximum absolute atomic E-state index is 5.57. The number of ether oxygens (including phenoxy) is 1. The molecular formula is C14H17ClO. The first-order valence-corrected chi connectivity index (χ1v) is 6.03. The Labute approximate surface area is 103 Å². The van der Waals surface area contributed by atoms with Gasteiger partial charge in [0.15, 0.2) is 0 Å². The Bertz CT molecular complexity index is 345. The highest BCUT2D eigenvalue weighted by Crippen LogP contribution is 2.04. The zero-order valence-electron chi connectivity index (χ0n) is 9.63. The van der Waals surface area contributed by atoms with Gasteiger partial charge in [0.25, 0.3) is 0 Å². The average molecular weight is 237 g/mol. The largest absolute Gasteiger partial charge is 0.384 e. The van der Waals surface area contributed by atoms with Gasteiger partial charge in [-0.2, -0.15) is 0 Å². The molecule has 0 aliphatic carbocycles. The van der Waals surface area contributed by atoms with Crippen LogP contribution in [0.3, 0.4) is 0 Å². The van der Waals surface area contributed by atoms with E-state index in [0.29, 0.717) is 5.88 Å². The molecular weight excluding hydrogens is 220 g/mol. The van der Waals surface area contributed by atoms with Crippen molar-refractivity contribution in [2.45, 2.75) is 19.3 Å². The molecule has 0 atom stereocenters. The number of alkyl halides is 1. The first-order valence-electron chi connectivity index (χ1n) is 5.49. The van der Waals surface area contributed by atoms with E-state index in [1.807, 2.05) is 0 Å². The molecule has 1 nitrogen and oxygen atoms in total. The van der Waals surface area contributed by atoms with Crippen LogP contribution in [0.4, 0.5) is 0 Å². The van der Waals surface area contributed by atoms with Gasteiger partial charge in [0.05, 0.1) is 6.61 Å². The van der Waals surface area contributed by atoms with Crippen molar-refractivity contribution in [1.82, 2.24) is 0 Å². The van der Waals surface area contributed by atoms with Crippen molar-refractivity contribution in [3.05, 3.63) is 35.4 Å². The van der Waals surface area contributed by atoms with Gasteiger partial charge in [0, 0.05) is 25.0 Å². The molecule has 0 radical (unpaired) electrons. The number of methoxy groups -OCH3 is 1. The molecule has 0 N–H and O–H groups in total. The fourth-order valence-electron chi connectivity index (χ4n) is 1.29. The van der Waals surface area contributed by atoms with Gasteiger partial charge in [0.2, 0.25) is 0 Å². The Morgan fingerprint density at radius 3 is 2.62 bits per heavy atom. The molecule has 0 aliphatic heterocycles. The Kier molecular flexibility index (Phi) is 6.72. The highest BCUT2D eigenvalue weighted by atomic mass is 35.5. The molecule has 0 aliphatic rings. The Morgan fingerprint density at radius 2 is 2.00 bits per heavy atom. The second kappa shape index (κ2) is 8.21. The second-order valence-corrected chi connectivity index (χ2v) is 3.91. The summed E-state index contributed by atoms with van der Waals surface area (Å²) in [6.07, 6.45) is 2.78. The summed E-state index contributed by atoms with van der Waals surface area (Å²) >= 11 is 5.57. The summed E-state index contributed by atoms with van der Waals surface area (Å²) < 4.78 is 5.03. The lowest BCUT2D eigenvalue weighted by Gasteiger charge is -1.99. The van der Waals surface area contributed by atoms with Crippen LogP contribution in [0.1, 0.15) is 24.0 Å². The van der Waals surface area contributed by atoms with E-state index in [2.05, 4.69) is 36.1 Å². The van der Waals surface area contributed by atoms with Gasteiger partial charge in [-0.3, -0.25) is 0 Å². The molecule has 0 saturated carbocycles. The predicted octanol–water partition coefficient (Wildman–Crippen LogP) is 3.25. The Morgan fingerprint density at radius 1 is 1.25 bits per heavy atom. The fraction of sp³-hybridized carbons (Fsp3) is 0.429. The van der Waals surface area contributed by atoms with Gasteiger partial charge >= 0.3 is 0 Å². The van der Waals surface area contributed by atoms with Crippen LogP contribution in [-0.2, 0) is 11.2 Å². The van der Waals surface area contributed by atoms with E-state index in [-0.39, 0.29) is 0 Å². The van der Waals surface area contributed by atoms with Crippen LogP contribution in [0.25, 0.3) is 0 Å². The Balaban J connectivity index is 2.46. The lowest BCUT2D eigenvalue weighted by atomic mass is 10.1.